The number of pyridine rings is 1. The number of aryl methyl sites for hydroxylation is 1. The molecular weight excluding hydrogens is 272 g/mol. The van der Waals surface area contributed by atoms with Crippen LogP contribution in [0.1, 0.15) is 5.56 Å². The van der Waals surface area contributed by atoms with Crippen LogP contribution in [-0.4, -0.2) is 19.4 Å². The second-order valence-electron chi connectivity index (χ2n) is 5.19. The molecule has 3 heterocycles. The van der Waals surface area contributed by atoms with Crippen molar-refractivity contribution in [1.82, 2.24) is 19.4 Å². The number of imidazole rings is 1. The zero-order valence-corrected chi connectivity index (χ0v) is 12.1. The summed E-state index contributed by atoms with van der Waals surface area (Å²) in [6.45, 7) is 2.10. The van der Waals surface area contributed by atoms with E-state index in [-0.39, 0.29) is 0 Å². The first-order chi connectivity index (χ1) is 10.8. The van der Waals surface area contributed by atoms with E-state index < -0.39 is 0 Å². The molecule has 3 aromatic heterocycles. The molecule has 0 saturated carbocycles. The van der Waals surface area contributed by atoms with Gasteiger partial charge in [-0.3, -0.25) is 9.38 Å². The van der Waals surface area contributed by atoms with Crippen molar-refractivity contribution < 1.29 is 0 Å². The van der Waals surface area contributed by atoms with Gasteiger partial charge in [-0.15, -0.1) is 0 Å². The summed E-state index contributed by atoms with van der Waals surface area (Å²) < 4.78 is 1.92. The van der Waals surface area contributed by atoms with Gasteiger partial charge < -0.3 is 0 Å². The Morgan fingerprint density at radius 3 is 2.64 bits per heavy atom. The van der Waals surface area contributed by atoms with Gasteiger partial charge in [0.25, 0.3) is 0 Å². The number of rotatable bonds is 2. The third-order valence-electron chi connectivity index (χ3n) is 3.76. The van der Waals surface area contributed by atoms with Crippen molar-refractivity contribution in [2.24, 2.45) is 0 Å². The Kier molecular flexibility index (Phi) is 2.93. The molecule has 0 fully saturated rings. The van der Waals surface area contributed by atoms with Crippen LogP contribution in [0, 0.1) is 6.92 Å². The largest absolute Gasteiger partial charge is 0.291 e. The Hall–Kier alpha value is -3.01. The first-order valence-electron chi connectivity index (χ1n) is 7.13. The minimum absolute atomic E-state index is 0.699. The lowest BCUT2D eigenvalue weighted by molar-refractivity contribution is 1.11. The molecule has 0 radical (unpaired) electrons. The molecule has 4 heteroatoms. The molecule has 106 valence electrons. The minimum atomic E-state index is 0.699. The second-order valence-corrected chi connectivity index (χ2v) is 5.19. The Labute approximate surface area is 128 Å². The lowest BCUT2D eigenvalue weighted by atomic mass is 9.98. The molecule has 4 aromatic rings. The number of hydrogen-bond acceptors (Lipinski definition) is 3. The van der Waals surface area contributed by atoms with Crippen LogP contribution >= 0.6 is 0 Å². The van der Waals surface area contributed by atoms with Crippen LogP contribution < -0.4 is 0 Å². The van der Waals surface area contributed by atoms with Crippen molar-refractivity contribution in [3.05, 3.63) is 72.9 Å². The normalized spacial score (nSPS) is 11.0. The molecule has 0 bridgehead atoms. The third-order valence-corrected chi connectivity index (χ3v) is 3.76. The maximum atomic E-state index is 4.60. The SMILES string of the molecule is Cc1ccccc1-c1ncccc1-c1cnc2nccn2c1. The molecule has 1 aromatic carbocycles. The highest BCUT2D eigenvalue weighted by molar-refractivity contribution is 5.81. The average molecular weight is 286 g/mol. The van der Waals surface area contributed by atoms with Gasteiger partial charge in [0, 0.05) is 47.7 Å². The maximum Gasteiger partial charge on any atom is 0.233 e. The van der Waals surface area contributed by atoms with E-state index in [2.05, 4.69) is 40.1 Å². The quantitative estimate of drug-likeness (QED) is 0.563. The Morgan fingerprint density at radius 2 is 1.73 bits per heavy atom. The second kappa shape index (κ2) is 5.07. The van der Waals surface area contributed by atoms with Crippen molar-refractivity contribution in [3.63, 3.8) is 0 Å². The maximum absolute atomic E-state index is 4.60. The van der Waals surface area contributed by atoms with Crippen LogP contribution in [0.25, 0.3) is 28.2 Å². The predicted octanol–water partition coefficient (Wildman–Crippen LogP) is 3.77. The number of aromatic nitrogens is 4. The van der Waals surface area contributed by atoms with Crippen LogP contribution in [0.3, 0.4) is 0 Å². The van der Waals surface area contributed by atoms with E-state index in [9.17, 15) is 0 Å². The van der Waals surface area contributed by atoms with Gasteiger partial charge in [0.1, 0.15) is 0 Å². The molecule has 0 N–H and O–H groups in total. The van der Waals surface area contributed by atoms with E-state index in [1.807, 2.05) is 47.4 Å². The van der Waals surface area contributed by atoms with Crippen LogP contribution in [0.2, 0.25) is 0 Å². The molecular formula is C18H14N4. The fourth-order valence-electron chi connectivity index (χ4n) is 2.65. The van der Waals surface area contributed by atoms with Crippen LogP contribution in [0.4, 0.5) is 0 Å². The molecule has 0 aliphatic rings. The summed E-state index contributed by atoms with van der Waals surface area (Å²) in [7, 11) is 0. The molecule has 0 spiro atoms. The van der Waals surface area contributed by atoms with Gasteiger partial charge >= 0.3 is 0 Å². The third kappa shape index (κ3) is 2.05. The fourth-order valence-corrected chi connectivity index (χ4v) is 2.65. The Bertz CT molecular complexity index is 956. The molecule has 0 aliphatic heterocycles. The summed E-state index contributed by atoms with van der Waals surface area (Å²) >= 11 is 0. The van der Waals surface area contributed by atoms with Crippen molar-refractivity contribution >= 4 is 5.78 Å². The molecule has 4 rings (SSSR count). The Balaban J connectivity index is 1.94. The number of hydrogen-bond donors (Lipinski definition) is 0. The smallest absolute Gasteiger partial charge is 0.233 e. The first-order valence-corrected chi connectivity index (χ1v) is 7.13. The zero-order chi connectivity index (χ0) is 14.9. The van der Waals surface area contributed by atoms with Crippen LogP contribution in [-0.2, 0) is 0 Å². The minimum Gasteiger partial charge on any atom is -0.291 e. The van der Waals surface area contributed by atoms with Crippen LogP contribution in [0.15, 0.2) is 67.4 Å². The lowest BCUT2D eigenvalue weighted by Gasteiger charge is -2.11. The van der Waals surface area contributed by atoms with Gasteiger partial charge in [0.05, 0.1) is 5.69 Å². The average Bonchev–Trinajstić information content (AvgIpc) is 3.03. The highest BCUT2D eigenvalue weighted by atomic mass is 15.1. The summed E-state index contributed by atoms with van der Waals surface area (Å²) in [4.78, 5) is 13.2. The molecule has 0 saturated heterocycles. The molecule has 4 nitrogen and oxygen atoms in total. The lowest BCUT2D eigenvalue weighted by Crippen LogP contribution is -1.94. The summed E-state index contributed by atoms with van der Waals surface area (Å²) in [5, 5.41) is 0. The number of benzene rings is 1. The van der Waals surface area contributed by atoms with E-state index >= 15 is 0 Å². The number of fused-ring (bicyclic) bond motifs is 1. The highest BCUT2D eigenvalue weighted by Gasteiger charge is 2.11. The molecule has 22 heavy (non-hydrogen) atoms. The van der Waals surface area contributed by atoms with Gasteiger partial charge in [-0.1, -0.05) is 30.3 Å². The van der Waals surface area contributed by atoms with Crippen LogP contribution in [0.5, 0.6) is 0 Å². The topological polar surface area (TPSA) is 43.1 Å². The van der Waals surface area contributed by atoms with Crippen molar-refractivity contribution in [2.75, 3.05) is 0 Å². The van der Waals surface area contributed by atoms with Gasteiger partial charge in [-0.25, -0.2) is 9.97 Å². The van der Waals surface area contributed by atoms with E-state index in [1.165, 1.54) is 5.56 Å². The molecule has 0 aliphatic carbocycles. The van der Waals surface area contributed by atoms with E-state index in [0.717, 1.165) is 22.4 Å². The predicted molar refractivity (Wildman–Crippen MR) is 86.4 cm³/mol. The van der Waals surface area contributed by atoms with Crippen molar-refractivity contribution in [3.8, 4) is 22.4 Å². The molecule has 0 amide bonds. The zero-order valence-electron chi connectivity index (χ0n) is 12.1. The molecule has 0 atom stereocenters. The van der Waals surface area contributed by atoms with Gasteiger partial charge in [-0.2, -0.15) is 0 Å². The molecule has 0 unspecified atom stereocenters. The Morgan fingerprint density at radius 1 is 0.864 bits per heavy atom. The van der Waals surface area contributed by atoms with E-state index in [0.29, 0.717) is 5.78 Å². The van der Waals surface area contributed by atoms with Crippen molar-refractivity contribution in [2.45, 2.75) is 6.92 Å². The van der Waals surface area contributed by atoms with Gasteiger partial charge in [-0.05, 0) is 18.6 Å². The first kappa shape index (κ1) is 12.7. The monoisotopic (exact) mass is 286 g/mol. The summed E-state index contributed by atoms with van der Waals surface area (Å²) in [6.07, 6.45) is 9.36. The number of nitrogens with zero attached hydrogens (tertiary/aromatic N) is 4. The van der Waals surface area contributed by atoms with E-state index in [4.69, 9.17) is 0 Å². The standard InChI is InChI=1S/C18H14N4/c1-13-5-2-3-6-15(13)17-16(7-4-8-19-17)14-11-21-18-20-9-10-22(18)12-14/h2-12H,1H3. The summed E-state index contributed by atoms with van der Waals surface area (Å²) in [5.41, 5.74) is 5.42. The highest BCUT2D eigenvalue weighted by Crippen LogP contribution is 2.31. The van der Waals surface area contributed by atoms with Crippen molar-refractivity contribution in [1.29, 1.82) is 0 Å². The fraction of sp³-hybridized carbons (Fsp3) is 0.0556. The van der Waals surface area contributed by atoms with E-state index in [1.54, 1.807) is 6.20 Å². The van der Waals surface area contributed by atoms with Gasteiger partial charge in [0.15, 0.2) is 0 Å². The summed E-state index contributed by atoms with van der Waals surface area (Å²) in [5.74, 6) is 0.699. The summed E-state index contributed by atoms with van der Waals surface area (Å²) in [6, 6.07) is 12.3. The van der Waals surface area contributed by atoms with Gasteiger partial charge in [0.2, 0.25) is 5.78 Å².